The third kappa shape index (κ3) is 7.08. The molecule has 1 saturated heterocycles. The van der Waals surface area contributed by atoms with E-state index in [0.717, 1.165) is 32.4 Å². The SMILES string of the molecule is CCOc1cc(C(=O)N2CCN(C)CC2)ccc1Nc1ncc(I)c(Nc2ccccc2S(=O)(=O)NC2CCC2)n1. The van der Waals surface area contributed by atoms with Crippen molar-refractivity contribution >= 4 is 61.7 Å². The molecule has 1 aliphatic heterocycles. The van der Waals surface area contributed by atoms with Crippen molar-refractivity contribution in [3.63, 3.8) is 0 Å². The lowest BCUT2D eigenvalue weighted by molar-refractivity contribution is 0.0663. The van der Waals surface area contributed by atoms with Crippen molar-refractivity contribution < 1.29 is 17.9 Å². The zero-order valence-corrected chi connectivity index (χ0v) is 26.0. The number of halogens is 1. The van der Waals surface area contributed by atoms with E-state index in [9.17, 15) is 13.2 Å². The summed E-state index contributed by atoms with van der Waals surface area (Å²) in [6.45, 7) is 5.36. The number of anilines is 4. The first kappa shape index (κ1) is 29.5. The Morgan fingerprint density at radius 3 is 2.54 bits per heavy atom. The number of para-hydroxylation sites is 1. The minimum absolute atomic E-state index is 0.0224. The van der Waals surface area contributed by atoms with Crippen LogP contribution in [-0.4, -0.2) is 80.0 Å². The van der Waals surface area contributed by atoms with Crippen LogP contribution in [0.1, 0.15) is 36.5 Å². The summed E-state index contributed by atoms with van der Waals surface area (Å²) < 4.78 is 35.5. The molecule has 11 nitrogen and oxygen atoms in total. The third-order valence-electron chi connectivity index (χ3n) is 7.17. The normalized spacial score (nSPS) is 16.2. The van der Waals surface area contributed by atoms with Gasteiger partial charge >= 0.3 is 0 Å². The van der Waals surface area contributed by atoms with E-state index in [1.165, 1.54) is 0 Å². The summed E-state index contributed by atoms with van der Waals surface area (Å²) in [6, 6.07) is 12.0. The number of carbonyl (C=O) groups excluding carboxylic acids is 1. The van der Waals surface area contributed by atoms with Crippen LogP contribution in [0, 0.1) is 3.57 Å². The van der Waals surface area contributed by atoms with Crippen molar-refractivity contribution in [3.8, 4) is 5.75 Å². The number of amides is 1. The van der Waals surface area contributed by atoms with Gasteiger partial charge in [0.25, 0.3) is 5.91 Å². The summed E-state index contributed by atoms with van der Waals surface area (Å²) in [5, 5.41) is 6.38. The maximum Gasteiger partial charge on any atom is 0.254 e. The largest absolute Gasteiger partial charge is 0.492 e. The van der Waals surface area contributed by atoms with E-state index in [0.29, 0.717) is 57.7 Å². The predicted molar refractivity (Wildman–Crippen MR) is 167 cm³/mol. The highest BCUT2D eigenvalue weighted by Gasteiger charge is 2.27. The number of nitrogens with one attached hydrogen (secondary N) is 3. The Hall–Kier alpha value is -3.01. The number of aromatic nitrogens is 2. The molecule has 1 saturated carbocycles. The number of sulfonamides is 1. The van der Waals surface area contributed by atoms with Gasteiger partial charge in [-0.15, -0.1) is 0 Å². The zero-order valence-electron chi connectivity index (χ0n) is 23.1. The van der Waals surface area contributed by atoms with Crippen LogP contribution in [0.4, 0.5) is 23.1 Å². The number of likely N-dealkylation sites (N-methyl/N-ethyl adjacent to an activating group) is 1. The summed E-state index contributed by atoms with van der Waals surface area (Å²) in [6.07, 6.45) is 4.38. The molecule has 3 aromatic rings. The molecule has 218 valence electrons. The van der Waals surface area contributed by atoms with E-state index in [2.05, 4.69) is 59.9 Å². The zero-order chi connectivity index (χ0) is 29.0. The summed E-state index contributed by atoms with van der Waals surface area (Å²) in [5.74, 6) is 1.24. The van der Waals surface area contributed by atoms with Crippen LogP contribution in [0.5, 0.6) is 5.75 Å². The lowest BCUT2D eigenvalue weighted by Crippen LogP contribution is -2.47. The lowest BCUT2D eigenvalue weighted by Gasteiger charge is -2.32. The first-order valence-electron chi connectivity index (χ1n) is 13.7. The quantitative estimate of drug-likeness (QED) is 0.268. The maximum absolute atomic E-state index is 13.1. The van der Waals surface area contributed by atoms with Gasteiger partial charge in [0, 0.05) is 44.0 Å². The molecule has 0 radical (unpaired) electrons. The van der Waals surface area contributed by atoms with Crippen molar-refractivity contribution in [3.05, 3.63) is 57.8 Å². The fourth-order valence-electron chi connectivity index (χ4n) is 4.60. The highest BCUT2D eigenvalue weighted by Crippen LogP contribution is 2.31. The van der Waals surface area contributed by atoms with E-state index in [-0.39, 0.29) is 16.8 Å². The molecule has 1 aliphatic carbocycles. The molecule has 13 heteroatoms. The summed E-state index contributed by atoms with van der Waals surface area (Å²) in [7, 11) is -1.65. The van der Waals surface area contributed by atoms with Gasteiger partial charge in [-0.1, -0.05) is 18.6 Å². The smallest absolute Gasteiger partial charge is 0.254 e. The average Bonchev–Trinajstić information content (AvgIpc) is 2.94. The molecular weight excluding hydrogens is 657 g/mol. The number of carbonyl (C=O) groups is 1. The first-order chi connectivity index (χ1) is 19.7. The van der Waals surface area contributed by atoms with Crippen LogP contribution in [0.2, 0.25) is 0 Å². The maximum atomic E-state index is 13.1. The standard InChI is InChI=1S/C28H34IN7O4S/c1-3-40-24-17-19(27(37)36-15-13-35(2)14-16-36)11-12-22(24)32-28-30-18-21(29)26(33-28)31-23-9-4-5-10-25(23)41(38,39)34-20-7-6-8-20/h4-5,9-12,17-18,20,34H,3,6-8,13-16H2,1-2H3,(H2,30,31,32,33). The van der Waals surface area contributed by atoms with Gasteiger partial charge in [0.1, 0.15) is 16.5 Å². The second-order valence-electron chi connectivity index (χ2n) is 10.1. The molecule has 2 heterocycles. The van der Waals surface area contributed by atoms with Crippen molar-refractivity contribution in [2.75, 3.05) is 50.5 Å². The van der Waals surface area contributed by atoms with Gasteiger partial charge in [-0.2, -0.15) is 4.98 Å². The van der Waals surface area contributed by atoms with Crippen molar-refractivity contribution in [1.29, 1.82) is 0 Å². The summed E-state index contributed by atoms with van der Waals surface area (Å²) in [4.78, 5) is 26.4. The van der Waals surface area contributed by atoms with Crippen molar-refractivity contribution in [2.24, 2.45) is 0 Å². The molecule has 41 heavy (non-hydrogen) atoms. The fraction of sp³-hybridized carbons (Fsp3) is 0.393. The molecule has 0 atom stereocenters. The molecular formula is C28H34IN7O4S. The average molecular weight is 692 g/mol. The Labute approximate surface area is 254 Å². The lowest BCUT2D eigenvalue weighted by atomic mass is 9.94. The van der Waals surface area contributed by atoms with E-state index in [1.807, 2.05) is 11.8 Å². The van der Waals surface area contributed by atoms with E-state index < -0.39 is 10.0 Å². The monoisotopic (exact) mass is 691 g/mol. The Bertz CT molecular complexity index is 1510. The van der Waals surface area contributed by atoms with Crippen LogP contribution in [0.15, 0.2) is 53.6 Å². The predicted octanol–water partition coefficient (Wildman–Crippen LogP) is 4.19. The number of rotatable bonds is 10. The molecule has 3 N–H and O–H groups in total. The number of ether oxygens (including phenoxy) is 1. The number of hydrogen-bond acceptors (Lipinski definition) is 9. The van der Waals surface area contributed by atoms with Crippen LogP contribution in [0.3, 0.4) is 0 Å². The second kappa shape index (κ2) is 12.9. The Kier molecular flexibility index (Phi) is 9.26. The van der Waals surface area contributed by atoms with Crippen LogP contribution in [0.25, 0.3) is 0 Å². The van der Waals surface area contributed by atoms with Gasteiger partial charge in [-0.05, 0) is 79.7 Å². The highest BCUT2D eigenvalue weighted by atomic mass is 127. The number of nitrogens with zero attached hydrogens (tertiary/aromatic N) is 4. The minimum atomic E-state index is -3.70. The van der Waals surface area contributed by atoms with Gasteiger partial charge in [0.15, 0.2) is 0 Å². The Balaban J connectivity index is 1.36. The van der Waals surface area contributed by atoms with Crippen LogP contribution in [-0.2, 0) is 10.0 Å². The molecule has 2 aliphatic rings. The molecule has 2 aromatic carbocycles. The Morgan fingerprint density at radius 2 is 1.83 bits per heavy atom. The molecule has 0 unspecified atom stereocenters. The van der Waals surface area contributed by atoms with Gasteiger partial charge in [-0.25, -0.2) is 18.1 Å². The molecule has 1 amide bonds. The third-order valence-corrected chi connectivity index (χ3v) is 9.53. The molecule has 0 bridgehead atoms. The number of piperazine rings is 1. The number of hydrogen-bond donors (Lipinski definition) is 3. The molecule has 1 aromatic heterocycles. The summed E-state index contributed by atoms with van der Waals surface area (Å²) >= 11 is 2.11. The van der Waals surface area contributed by atoms with Gasteiger partial charge in [-0.3, -0.25) is 4.79 Å². The van der Waals surface area contributed by atoms with Crippen molar-refractivity contribution in [1.82, 2.24) is 24.5 Å². The second-order valence-corrected chi connectivity index (χ2v) is 13.0. The first-order valence-corrected chi connectivity index (χ1v) is 16.2. The van der Waals surface area contributed by atoms with E-state index >= 15 is 0 Å². The van der Waals surface area contributed by atoms with Gasteiger partial charge < -0.3 is 25.2 Å². The minimum Gasteiger partial charge on any atom is -0.492 e. The number of benzene rings is 2. The highest BCUT2D eigenvalue weighted by molar-refractivity contribution is 14.1. The summed E-state index contributed by atoms with van der Waals surface area (Å²) in [5.41, 5.74) is 1.59. The van der Waals surface area contributed by atoms with Gasteiger partial charge in [0.05, 0.1) is 21.6 Å². The topological polar surface area (TPSA) is 129 Å². The van der Waals surface area contributed by atoms with Crippen LogP contribution < -0.4 is 20.1 Å². The van der Waals surface area contributed by atoms with Crippen LogP contribution >= 0.6 is 22.6 Å². The van der Waals surface area contributed by atoms with Gasteiger partial charge in [0.2, 0.25) is 16.0 Å². The fourth-order valence-corrected chi connectivity index (χ4v) is 6.46. The molecule has 0 spiro atoms. The molecule has 5 rings (SSSR count). The van der Waals surface area contributed by atoms with E-state index in [4.69, 9.17) is 4.74 Å². The van der Waals surface area contributed by atoms with E-state index in [1.54, 1.807) is 48.7 Å². The Morgan fingerprint density at radius 1 is 1.07 bits per heavy atom. The molecule has 2 fully saturated rings. The van der Waals surface area contributed by atoms with Crippen molar-refractivity contribution in [2.45, 2.75) is 37.1 Å².